The van der Waals surface area contributed by atoms with E-state index in [1.807, 2.05) is 48.5 Å². The number of fused-ring (bicyclic) bond motifs is 1. The molecular formula is C17H14N2O. The molecule has 0 aliphatic heterocycles. The van der Waals surface area contributed by atoms with E-state index in [2.05, 4.69) is 11.9 Å². The molecule has 0 spiro atoms. The Morgan fingerprint density at radius 3 is 2.70 bits per heavy atom. The van der Waals surface area contributed by atoms with E-state index in [4.69, 9.17) is 5.26 Å². The molecule has 3 heteroatoms. The van der Waals surface area contributed by atoms with Crippen LogP contribution in [0.15, 0.2) is 60.7 Å². The van der Waals surface area contributed by atoms with Gasteiger partial charge in [0.25, 0.3) is 5.91 Å². The Labute approximate surface area is 117 Å². The van der Waals surface area contributed by atoms with Crippen LogP contribution in [0.5, 0.6) is 0 Å². The van der Waals surface area contributed by atoms with Gasteiger partial charge in [0.05, 0.1) is 0 Å². The molecule has 1 N–H and O–H groups in total. The molecule has 2 aromatic rings. The molecule has 3 nitrogen and oxygen atoms in total. The summed E-state index contributed by atoms with van der Waals surface area (Å²) in [6.07, 6.45) is 3.16. The van der Waals surface area contributed by atoms with Crippen molar-refractivity contribution < 1.29 is 4.79 Å². The van der Waals surface area contributed by atoms with Crippen molar-refractivity contribution in [1.29, 1.82) is 5.26 Å². The summed E-state index contributed by atoms with van der Waals surface area (Å²) in [7, 11) is 0. The van der Waals surface area contributed by atoms with E-state index >= 15 is 0 Å². The van der Waals surface area contributed by atoms with Crippen molar-refractivity contribution in [1.82, 2.24) is 5.32 Å². The largest absolute Gasteiger partial charge is 0.348 e. The molecule has 0 fully saturated rings. The molecule has 0 atom stereocenters. The lowest BCUT2D eigenvalue weighted by atomic mass is 10.1. The summed E-state index contributed by atoms with van der Waals surface area (Å²) >= 11 is 0. The minimum Gasteiger partial charge on any atom is -0.348 e. The highest BCUT2D eigenvalue weighted by molar-refractivity contribution is 6.02. The van der Waals surface area contributed by atoms with Crippen molar-refractivity contribution in [2.45, 2.75) is 0 Å². The van der Waals surface area contributed by atoms with Crippen LogP contribution >= 0.6 is 0 Å². The molecule has 0 bridgehead atoms. The van der Waals surface area contributed by atoms with E-state index in [1.165, 1.54) is 0 Å². The number of carbonyl (C=O) groups is 1. The van der Waals surface area contributed by atoms with Gasteiger partial charge in [0.1, 0.15) is 11.6 Å². The zero-order valence-electron chi connectivity index (χ0n) is 11.0. The van der Waals surface area contributed by atoms with Crippen LogP contribution < -0.4 is 5.32 Å². The molecule has 20 heavy (non-hydrogen) atoms. The summed E-state index contributed by atoms with van der Waals surface area (Å²) in [5.41, 5.74) is 0.913. The zero-order valence-corrected chi connectivity index (χ0v) is 11.0. The van der Waals surface area contributed by atoms with Crippen molar-refractivity contribution in [3.05, 3.63) is 66.3 Å². The Hall–Kier alpha value is -2.86. The van der Waals surface area contributed by atoms with Crippen molar-refractivity contribution in [2.24, 2.45) is 0 Å². The second kappa shape index (κ2) is 6.35. The average molecular weight is 262 g/mol. The Morgan fingerprint density at radius 1 is 1.25 bits per heavy atom. The molecule has 0 aromatic heterocycles. The minimum absolute atomic E-state index is 0.0853. The third-order valence-corrected chi connectivity index (χ3v) is 2.86. The second-order valence-electron chi connectivity index (χ2n) is 4.28. The molecule has 2 aromatic carbocycles. The number of hydrogen-bond donors (Lipinski definition) is 1. The number of benzene rings is 2. The lowest BCUT2D eigenvalue weighted by Gasteiger charge is -2.02. The SMILES string of the molecule is C=CCNC(=O)/C(C#N)=C/c1ccc2ccccc2c1. The molecule has 2 rings (SSSR count). The van der Waals surface area contributed by atoms with Crippen LogP contribution in [0.25, 0.3) is 16.8 Å². The molecule has 0 heterocycles. The quantitative estimate of drug-likeness (QED) is 0.523. The molecule has 1 amide bonds. The van der Waals surface area contributed by atoms with Gasteiger partial charge >= 0.3 is 0 Å². The van der Waals surface area contributed by atoms with Crippen LogP contribution in [0.1, 0.15) is 5.56 Å². The lowest BCUT2D eigenvalue weighted by molar-refractivity contribution is -0.116. The number of amides is 1. The highest BCUT2D eigenvalue weighted by atomic mass is 16.1. The molecule has 0 aliphatic rings. The molecule has 0 saturated carbocycles. The van der Waals surface area contributed by atoms with Crippen LogP contribution in [0.2, 0.25) is 0 Å². The van der Waals surface area contributed by atoms with Gasteiger partial charge in [0, 0.05) is 6.54 Å². The van der Waals surface area contributed by atoms with Gasteiger partial charge in [-0.05, 0) is 28.5 Å². The summed E-state index contributed by atoms with van der Waals surface area (Å²) in [6.45, 7) is 3.86. The van der Waals surface area contributed by atoms with Gasteiger partial charge in [-0.15, -0.1) is 6.58 Å². The number of rotatable bonds is 4. The number of nitriles is 1. The zero-order chi connectivity index (χ0) is 14.4. The molecule has 98 valence electrons. The average Bonchev–Trinajstić information content (AvgIpc) is 2.50. The van der Waals surface area contributed by atoms with E-state index in [9.17, 15) is 4.79 Å². The number of nitrogens with zero attached hydrogens (tertiary/aromatic N) is 1. The molecule has 0 unspecified atom stereocenters. The van der Waals surface area contributed by atoms with E-state index in [-0.39, 0.29) is 11.5 Å². The van der Waals surface area contributed by atoms with Gasteiger partial charge in [0.2, 0.25) is 0 Å². The van der Waals surface area contributed by atoms with Gasteiger partial charge in [0.15, 0.2) is 0 Å². The van der Waals surface area contributed by atoms with E-state index in [0.29, 0.717) is 6.54 Å². The highest BCUT2D eigenvalue weighted by Gasteiger charge is 2.07. The predicted octanol–water partition coefficient (Wildman–Crippen LogP) is 3.05. The first kappa shape index (κ1) is 13.6. The maximum atomic E-state index is 11.8. The molecule has 0 radical (unpaired) electrons. The first-order valence-corrected chi connectivity index (χ1v) is 6.24. The van der Waals surface area contributed by atoms with Crippen molar-refractivity contribution in [3.63, 3.8) is 0 Å². The summed E-state index contributed by atoms with van der Waals surface area (Å²) in [5.74, 6) is -0.388. The van der Waals surface area contributed by atoms with Crippen molar-refractivity contribution in [3.8, 4) is 6.07 Å². The van der Waals surface area contributed by atoms with Crippen LogP contribution in [0.3, 0.4) is 0 Å². The maximum absolute atomic E-state index is 11.8. The second-order valence-corrected chi connectivity index (χ2v) is 4.28. The summed E-state index contributed by atoms with van der Waals surface area (Å²) in [4.78, 5) is 11.8. The first-order valence-electron chi connectivity index (χ1n) is 6.24. The fourth-order valence-electron chi connectivity index (χ4n) is 1.87. The Balaban J connectivity index is 2.32. The predicted molar refractivity (Wildman–Crippen MR) is 80.7 cm³/mol. The Morgan fingerprint density at radius 2 is 2.00 bits per heavy atom. The maximum Gasteiger partial charge on any atom is 0.262 e. The van der Waals surface area contributed by atoms with Crippen molar-refractivity contribution >= 4 is 22.8 Å². The van der Waals surface area contributed by atoms with Gasteiger partial charge in [-0.25, -0.2) is 0 Å². The summed E-state index contributed by atoms with van der Waals surface area (Å²) < 4.78 is 0. The van der Waals surface area contributed by atoms with E-state index in [0.717, 1.165) is 16.3 Å². The number of nitrogens with one attached hydrogen (secondary N) is 1. The lowest BCUT2D eigenvalue weighted by Crippen LogP contribution is -2.24. The number of hydrogen-bond acceptors (Lipinski definition) is 2. The smallest absolute Gasteiger partial charge is 0.262 e. The van der Waals surface area contributed by atoms with Gasteiger partial charge < -0.3 is 5.32 Å². The van der Waals surface area contributed by atoms with Crippen LogP contribution in [-0.4, -0.2) is 12.5 Å². The van der Waals surface area contributed by atoms with E-state index < -0.39 is 0 Å². The third-order valence-electron chi connectivity index (χ3n) is 2.86. The van der Waals surface area contributed by atoms with Gasteiger partial charge in [-0.2, -0.15) is 5.26 Å². The fourth-order valence-corrected chi connectivity index (χ4v) is 1.87. The Bertz CT molecular complexity index is 723. The van der Waals surface area contributed by atoms with Crippen LogP contribution in [-0.2, 0) is 4.79 Å². The third kappa shape index (κ3) is 3.12. The standard InChI is InChI=1S/C17H14N2O/c1-2-9-19-17(20)16(12-18)11-13-7-8-14-5-3-4-6-15(14)10-13/h2-8,10-11H,1,9H2,(H,19,20)/b16-11+. The van der Waals surface area contributed by atoms with Crippen LogP contribution in [0, 0.1) is 11.3 Å². The Kier molecular flexibility index (Phi) is 4.31. The minimum atomic E-state index is -0.388. The molecule has 0 aliphatic carbocycles. The number of carbonyl (C=O) groups excluding carboxylic acids is 1. The first-order chi connectivity index (χ1) is 9.74. The van der Waals surface area contributed by atoms with Gasteiger partial charge in [-0.1, -0.05) is 42.5 Å². The molecule has 0 saturated heterocycles. The van der Waals surface area contributed by atoms with Crippen LogP contribution in [0.4, 0.5) is 0 Å². The summed E-state index contributed by atoms with van der Waals surface area (Å²) in [5, 5.41) is 13.9. The van der Waals surface area contributed by atoms with E-state index in [1.54, 1.807) is 12.2 Å². The van der Waals surface area contributed by atoms with Gasteiger partial charge in [-0.3, -0.25) is 4.79 Å². The fraction of sp³-hybridized carbons (Fsp3) is 0.0588. The van der Waals surface area contributed by atoms with Crippen molar-refractivity contribution in [2.75, 3.05) is 6.54 Å². The highest BCUT2D eigenvalue weighted by Crippen LogP contribution is 2.17. The topological polar surface area (TPSA) is 52.9 Å². The normalized spacial score (nSPS) is 10.8. The summed E-state index contributed by atoms with van der Waals surface area (Å²) in [6, 6.07) is 15.7. The molecular weight excluding hydrogens is 248 g/mol. The monoisotopic (exact) mass is 262 g/mol.